The van der Waals surface area contributed by atoms with Crippen molar-refractivity contribution in [2.75, 3.05) is 13.7 Å². The van der Waals surface area contributed by atoms with Crippen molar-refractivity contribution >= 4 is 40.3 Å². The lowest BCUT2D eigenvalue weighted by atomic mass is 10.0. The predicted octanol–water partition coefficient (Wildman–Crippen LogP) is 6.40. The van der Waals surface area contributed by atoms with Gasteiger partial charge in [-0.2, -0.15) is 0 Å². The zero-order valence-corrected chi connectivity index (χ0v) is 23.2. The summed E-state index contributed by atoms with van der Waals surface area (Å²) in [6.07, 6.45) is 1.74. The Labute approximate surface area is 231 Å². The van der Waals surface area contributed by atoms with Gasteiger partial charge >= 0.3 is 5.69 Å². The molecule has 0 saturated carbocycles. The van der Waals surface area contributed by atoms with E-state index in [0.29, 0.717) is 40.5 Å². The molecule has 0 radical (unpaired) electrons. The molecule has 1 heterocycles. The number of amidine groups is 1. The van der Waals surface area contributed by atoms with Gasteiger partial charge in [-0.15, -0.1) is 0 Å². The lowest BCUT2D eigenvalue weighted by molar-refractivity contribution is -0.385. The first-order valence-electron chi connectivity index (χ1n) is 12.3. The van der Waals surface area contributed by atoms with E-state index in [2.05, 4.69) is 43.2 Å². The fourth-order valence-corrected chi connectivity index (χ4v) is 5.07. The molecule has 0 bridgehead atoms. The maximum absolute atomic E-state index is 12.6. The van der Waals surface area contributed by atoms with Gasteiger partial charge in [-0.05, 0) is 92.1 Å². The summed E-state index contributed by atoms with van der Waals surface area (Å²) in [5.41, 5.74) is 5.59. The van der Waals surface area contributed by atoms with E-state index in [4.69, 9.17) is 14.2 Å². The second kappa shape index (κ2) is 12.0. The topological polar surface area (TPSA) is 112 Å². The normalized spacial score (nSPS) is 14.9. The van der Waals surface area contributed by atoms with Crippen molar-refractivity contribution in [2.45, 2.75) is 34.3 Å². The number of nitrogens with zero attached hydrogens (tertiary/aromatic N) is 2. The minimum absolute atomic E-state index is 0.134. The number of benzene rings is 3. The smallest absolute Gasteiger partial charge is 0.313 e. The highest BCUT2D eigenvalue weighted by Crippen LogP contribution is 2.35. The van der Waals surface area contributed by atoms with Crippen LogP contribution in [-0.2, 0) is 11.4 Å². The molecule has 9 nitrogen and oxygen atoms in total. The summed E-state index contributed by atoms with van der Waals surface area (Å²) in [5.74, 6) is 1.02. The number of carbonyl (C=O) groups is 1. The van der Waals surface area contributed by atoms with E-state index >= 15 is 0 Å². The minimum atomic E-state index is -0.541. The molecule has 202 valence electrons. The van der Waals surface area contributed by atoms with E-state index in [-0.39, 0.29) is 17.3 Å². The van der Waals surface area contributed by atoms with Crippen LogP contribution in [0, 0.1) is 30.9 Å². The van der Waals surface area contributed by atoms with Crippen molar-refractivity contribution in [1.29, 1.82) is 0 Å². The Morgan fingerprint density at radius 3 is 2.38 bits per heavy atom. The summed E-state index contributed by atoms with van der Waals surface area (Å²) in [6.45, 7) is 9.01. The number of aryl methyl sites for hydroxylation is 3. The number of ether oxygens (including phenoxy) is 3. The third-order valence-corrected chi connectivity index (χ3v) is 6.93. The first kappa shape index (κ1) is 27.7. The molecule has 4 rings (SSSR count). The molecule has 0 atom stereocenters. The number of nitro benzene ring substituents is 1. The second-order valence-electron chi connectivity index (χ2n) is 8.90. The van der Waals surface area contributed by atoms with Crippen LogP contribution in [0.2, 0.25) is 0 Å². The molecule has 0 aliphatic carbocycles. The van der Waals surface area contributed by atoms with Gasteiger partial charge in [-0.1, -0.05) is 23.8 Å². The molecule has 0 spiro atoms. The van der Waals surface area contributed by atoms with Crippen LogP contribution in [-0.4, -0.2) is 29.7 Å². The van der Waals surface area contributed by atoms with Crippen molar-refractivity contribution in [3.8, 4) is 17.2 Å². The van der Waals surface area contributed by atoms with Crippen LogP contribution in [0.1, 0.15) is 34.7 Å². The Bertz CT molecular complexity index is 1480. The largest absolute Gasteiger partial charge is 0.490 e. The molecule has 1 N–H and O–H groups in total. The maximum Gasteiger partial charge on any atom is 0.313 e. The fourth-order valence-electron chi connectivity index (χ4n) is 4.23. The Hall–Kier alpha value is -4.31. The number of rotatable bonds is 9. The third kappa shape index (κ3) is 6.58. The van der Waals surface area contributed by atoms with Gasteiger partial charge in [0, 0.05) is 6.07 Å². The zero-order valence-electron chi connectivity index (χ0n) is 22.4. The van der Waals surface area contributed by atoms with E-state index in [9.17, 15) is 14.9 Å². The van der Waals surface area contributed by atoms with Crippen LogP contribution in [0.4, 0.5) is 11.4 Å². The lowest BCUT2D eigenvalue weighted by Gasteiger charge is -2.15. The first-order chi connectivity index (χ1) is 18.7. The van der Waals surface area contributed by atoms with Gasteiger partial charge in [0.25, 0.3) is 5.91 Å². The minimum Gasteiger partial charge on any atom is -0.490 e. The first-order valence-corrected chi connectivity index (χ1v) is 13.1. The fraction of sp³-hybridized carbons (Fsp3) is 0.241. The highest BCUT2D eigenvalue weighted by Gasteiger charge is 2.25. The SMILES string of the molecule is CCOc1cc(/C=C2\SC(=Nc3ccc(OC)c([N+](=O)[O-])c3)NC2=O)ccc1OCc1c(C)cc(C)cc1C. The van der Waals surface area contributed by atoms with Crippen molar-refractivity contribution in [2.24, 2.45) is 4.99 Å². The summed E-state index contributed by atoms with van der Waals surface area (Å²) >= 11 is 1.15. The molecule has 1 amide bonds. The standard InChI is InChI=1S/C29H29N3O6S/c1-6-37-26-13-20(7-9-25(26)38-16-22-18(3)11-17(2)12-19(22)4)14-27-28(33)31-29(39-27)30-21-8-10-24(36-5)23(15-21)32(34)35/h7-15H,6,16H2,1-5H3,(H,30,31,33)/b27-14-. The molecule has 10 heteroatoms. The molecule has 0 aromatic heterocycles. The number of methoxy groups -OCH3 is 1. The number of nitrogens with one attached hydrogen (secondary N) is 1. The number of aliphatic imine (C=N–C) groups is 1. The van der Waals surface area contributed by atoms with Crippen molar-refractivity contribution in [3.05, 3.63) is 91.4 Å². The quantitative estimate of drug-likeness (QED) is 0.187. The van der Waals surface area contributed by atoms with Gasteiger partial charge in [-0.25, -0.2) is 4.99 Å². The lowest BCUT2D eigenvalue weighted by Crippen LogP contribution is -2.19. The van der Waals surface area contributed by atoms with Crippen LogP contribution >= 0.6 is 11.8 Å². The summed E-state index contributed by atoms with van der Waals surface area (Å²) in [6, 6.07) is 14.2. The molecular formula is C29H29N3O6S. The van der Waals surface area contributed by atoms with Gasteiger partial charge in [0.15, 0.2) is 22.4 Å². The molecule has 0 unspecified atom stereocenters. The number of amides is 1. The molecule has 39 heavy (non-hydrogen) atoms. The molecule has 1 fully saturated rings. The van der Waals surface area contributed by atoms with Crippen LogP contribution in [0.5, 0.6) is 17.2 Å². The maximum atomic E-state index is 12.6. The Balaban J connectivity index is 1.53. The van der Waals surface area contributed by atoms with Crippen molar-refractivity contribution in [3.63, 3.8) is 0 Å². The average Bonchev–Trinajstić information content (AvgIpc) is 3.22. The zero-order chi connectivity index (χ0) is 28.1. The van der Waals surface area contributed by atoms with E-state index in [0.717, 1.165) is 22.9 Å². The summed E-state index contributed by atoms with van der Waals surface area (Å²) in [4.78, 5) is 28.2. The Morgan fingerprint density at radius 1 is 1.00 bits per heavy atom. The second-order valence-corrected chi connectivity index (χ2v) is 9.93. The van der Waals surface area contributed by atoms with Crippen LogP contribution in [0.25, 0.3) is 6.08 Å². The third-order valence-electron chi connectivity index (χ3n) is 6.02. The summed E-state index contributed by atoms with van der Waals surface area (Å²) in [5, 5.41) is 14.3. The van der Waals surface area contributed by atoms with Gasteiger partial charge in [0.05, 0.1) is 29.2 Å². The number of hydrogen-bond donors (Lipinski definition) is 1. The highest BCUT2D eigenvalue weighted by atomic mass is 32.2. The number of thioether (sulfide) groups is 1. The molecule has 1 aliphatic heterocycles. The molecule has 1 aliphatic rings. The summed E-state index contributed by atoms with van der Waals surface area (Å²) < 4.78 is 17.0. The van der Waals surface area contributed by atoms with E-state index < -0.39 is 4.92 Å². The van der Waals surface area contributed by atoms with Crippen molar-refractivity contribution < 1.29 is 23.9 Å². The average molecular weight is 548 g/mol. The van der Waals surface area contributed by atoms with E-state index in [1.54, 1.807) is 12.1 Å². The molecule has 1 saturated heterocycles. The Kier molecular flexibility index (Phi) is 8.55. The van der Waals surface area contributed by atoms with Gasteiger partial charge in [0.2, 0.25) is 0 Å². The van der Waals surface area contributed by atoms with Gasteiger partial charge in [0.1, 0.15) is 6.61 Å². The van der Waals surface area contributed by atoms with Crippen LogP contribution in [0.15, 0.2) is 58.4 Å². The van der Waals surface area contributed by atoms with Crippen LogP contribution < -0.4 is 19.5 Å². The van der Waals surface area contributed by atoms with Crippen molar-refractivity contribution in [1.82, 2.24) is 5.32 Å². The molecule has 3 aromatic carbocycles. The Morgan fingerprint density at radius 2 is 1.72 bits per heavy atom. The van der Waals surface area contributed by atoms with E-state index in [1.807, 2.05) is 25.1 Å². The highest BCUT2D eigenvalue weighted by molar-refractivity contribution is 8.18. The van der Waals surface area contributed by atoms with Gasteiger partial charge < -0.3 is 19.5 Å². The molecular weight excluding hydrogens is 518 g/mol. The number of hydrogen-bond acceptors (Lipinski definition) is 8. The number of carbonyl (C=O) groups excluding carboxylic acids is 1. The van der Waals surface area contributed by atoms with E-state index in [1.165, 1.54) is 35.9 Å². The predicted molar refractivity (Wildman–Crippen MR) is 153 cm³/mol. The summed E-state index contributed by atoms with van der Waals surface area (Å²) in [7, 11) is 1.36. The number of nitro groups is 1. The van der Waals surface area contributed by atoms with Gasteiger partial charge in [-0.3, -0.25) is 14.9 Å². The monoisotopic (exact) mass is 547 g/mol. The molecule has 3 aromatic rings. The van der Waals surface area contributed by atoms with Crippen LogP contribution in [0.3, 0.4) is 0 Å².